The van der Waals surface area contributed by atoms with Crippen LogP contribution in [0.5, 0.6) is 11.5 Å². The summed E-state index contributed by atoms with van der Waals surface area (Å²) >= 11 is 0. The number of benzene rings is 1. The highest BCUT2D eigenvalue weighted by Crippen LogP contribution is 2.35. The van der Waals surface area contributed by atoms with E-state index in [-0.39, 0.29) is 11.5 Å². The van der Waals surface area contributed by atoms with Crippen LogP contribution in [0.25, 0.3) is 0 Å². The SMILES string of the molecule is CCCCCCCCOC(=O)Nc1cccc(OC(=O)OCCCCCCCC)c1OC. The average molecular weight is 452 g/mol. The van der Waals surface area contributed by atoms with Crippen LogP contribution in [0.3, 0.4) is 0 Å². The number of hydrogen-bond acceptors (Lipinski definition) is 6. The third-order valence-electron chi connectivity index (χ3n) is 5.06. The predicted octanol–water partition coefficient (Wildman–Crippen LogP) is 7.48. The van der Waals surface area contributed by atoms with Gasteiger partial charge in [0.05, 0.1) is 26.0 Å². The molecule has 7 heteroatoms. The molecule has 0 aliphatic carbocycles. The standard InChI is InChI=1S/C25H41NO6/c1-4-6-8-10-12-14-19-30-24(27)26-21-17-16-18-22(23(21)29-3)32-25(28)31-20-15-13-11-9-7-5-2/h16-18H,4-15,19-20H2,1-3H3,(H,26,27). The van der Waals surface area contributed by atoms with Gasteiger partial charge in [-0.1, -0.05) is 84.1 Å². The zero-order chi connectivity index (χ0) is 23.4. The number of amides is 1. The van der Waals surface area contributed by atoms with Crippen LogP contribution in [0.2, 0.25) is 0 Å². The van der Waals surface area contributed by atoms with E-state index in [1.807, 2.05) is 0 Å². The second-order valence-corrected chi connectivity index (χ2v) is 7.83. The highest BCUT2D eigenvalue weighted by Gasteiger charge is 2.16. The molecule has 1 aromatic rings. The molecular formula is C25H41NO6. The van der Waals surface area contributed by atoms with Crippen LogP contribution >= 0.6 is 0 Å². The minimum Gasteiger partial charge on any atom is -0.491 e. The van der Waals surface area contributed by atoms with Gasteiger partial charge in [0.25, 0.3) is 0 Å². The van der Waals surface area contributed by atoms with Gasteiger partial charge in [-0.2, -0.15) is 0 Å². The van der Waals surface area contributed by atoms with Gasteiger partial charge in [0, 0.05) is 0 Å². The molecule has 0 fully saturated rings. The number of carbonyl (C=O) groups is 2. The molecular weight excluding hydrogens is 410 g/mol. The van der Waals surface area contributed by atoms with E-state index in [0.29, 0.717) is 18.9 Å². The largest absolute Gasteiger partial charge is 0.513 e. The first-order valence-electron chi connectivity index (χ1n) is 12.1. The van der Waals surface area contributed by atoms with Crippen molar-refractivity contribution in [3.8, 4) is 11.5 Å². The molecule has 0 radical (unpaired) electrons. The number of unbranched alkanes of at least 4 members (excludes halogenated alkanes) is 10. The predicted molar refractivity (Wildman–Crippen MR) is 127 cm³/mol. The Kier molecular flexibility index (Phi) is 15.7. The monoisotopic (exact) mass is 451 g/mol. The molecule has 0 aromatic heterocycles. The van der Waals surface area contributed by atoms with E-state index >= 15 is 0 Å². The van der Waals surface area contributed by atoms with Crippen molar-refractivity contribution in [3.63, 3.8) is 0 Å². The minimum atomic E-state index is -0.792. The number of carbonyl (C=O) groups excluding carboxylic acids is 2. The molecule has 0 atom stereocenters. The summed E-state index contributed by atoms with van der Waals surface area (Å²) in [7, 11) is 1.44. The molecule has 0 aliphatic heterocycles. The summed E-state index contributed by atoms with van der Waals surface area (Å²) in [5, 5.41) is 2.64. The minimum absolute atomic E-state index is 0.175. The molecule has 7 nitrogen and oxygen atoms in total. The Hall–Kier alpha value is -2.44. The van der Waals surface area contributed by atoms with Crippen LogP contribution in [0.15, 0.2) is 18.2 Å². The van der Waals surface area contributed by atoms with E-state index in [1.165, 1.54) is 45.6 Å². The van der Waals surface area contributed by atoms with E-state index in [4.69, 9.17) is 18.9 Å². The van der Waals surface area contributed by atoms with E-state index in [2.05, 4.69) is 19.2 Å². The lowest BCUT2D eigenvalue weighted by atomic mass is 10.1. The molecule has 0 spiro atoms. The molecule has 1 rings (SSSR count). The fourth-order valence-corrected chi connectivity index (χ4v) is 3.26. The van der Waals surface area contributed by atoms with Gasteiger partial charge in [0.15, 0.2) is 11.5 Å². The summed E-state index contributed by atoms with van der Waals surface area (Å²) in [4.78, 5) is 24.1. The summed E-state index contributed by atoms with van der Waals surface area (Å²) < 4.78 is 21.0. The lowest BCUT2D eigenvalue weighted by molar-refractivity contribution is 0.0962. The van der Waals surface area contributed by atoms with Crippen molar-refractivity contribution in [1.29, 1.82) is 0 Å². The van der Waals surface area contributed by atoms with Crippen LogP contribution in [0, 0.1) is 0 Å². The van der Waals surface area contributed by atoms with Crippen molar-refractivity contribution in [3.05, 3.63) is 18.2 Å². The zero-order valence-corrected chi connectivity index (χ0v) is 20.1. The first kappa shape index (κ1) is 27.6. The van der Waals surface area contributed by atoms with Gasteiger partial charge >= 0.3 is 12.2 Å². The zero-order valence-electron chi connectivity index (χ0n) is 20.1. The number of methoxy groups -OCH3 is 1. The summed E-state index contributed by atoms with van der Waals surface area (Å²) in [6.07, 6.45) is 12.0. The Morgan fingerprint density at radius 3 is 1.94 bits per heavy atom. The average Bonchev–Trinajstić information content (AvgIpc) is 2.78. The Morgan fingerprint density at radius 2 is 1.34 bits per heavy atom. The maximum Gasteiger partial charge on any atom is 0.513 e. The summed E-state index contributed by atoms with van der Waals surface area (Å²) in [6.45, 7) is 5.04. The smallest absolute Gasteiger partial charge is 0.491 e. The second-order valence-electron chi connectivity index (χ2n) is 7.83. The topological polar surface area (TPSA) is 83.1 Å². The summed E-state index contributed by atoms with van der Waals surface area (Å²) in [6, 6.07) is 4.89. The molecule has 0 unspecified atom stereocenters. The van der Waals surface area contributed by atoms with Crippen molar-refractivity contribution in [2.24, 2.45) is 0 Å². The van der Waals surface area contributed by atoms with Gasteiger partial charge in [-0.15, -0.1) is 0 Å². The van der Waals surface area contributed by atoms with Crippen LogP contribution in [-0.4, -0.2) is 32.6 Å². The molecule has 1 aromatic carbocycles. The highest BCUT2D eigenvalue weighted by molar-refractivity contribution is 5.88. The Labute approximate surface area is 193 Å². The number of ether oxygens (including phenoxy) is 4. The first-order valence-corrected chi connectivity index (χ1v) is 12.1. The molecule has 182 valence electrons. The van der Waals surface area contributed by atoms with Crippen molar-refractivity contribution in [2.45, 2.75) is 90.9 Å². The third-order valence-corrected chi connectivity index (χ3v) is 5.06. The maximum absolute atomic E-state index is 12.1. The normalized spacial score (nSPS) is 10.5. The number of para-hydroxylation sites is 1. The van der Waals surface area contributed by atoms with Crippen LogP contribution < -0.4 is 14.8 Å². The summed E-state index contributed by atoms with van der Waals surface area (Å²) in [5.74, 6) is 0.412. The van der Waals surface area contributed by atoms with Crippen molar-refractivity contribution in [2.75, 3.05) is 25.6 Å². The van der Waals surface area contributed by atoms with E-state index in [1.54, 1.807) is 18.2 Å². The first-order chi connectivity index (χ1) is 15.6. The van der Waals surface area contributed by atoms with E-state index in [0.717, 1.165) is 38.5 Å². The fourth-order valence-electron chi connectivity index (χ4n) is 3.26. The Bertz CT molecular complexity index is 599. The molecule has 0 saturated carbocycles. The lowest BCUT2D eigenvalue weighted by Crippen LogP contribution is -2.16. The number of nitrogens with one attached hydrogen (secondary N) is 1. The van der Waals surface area contributed by atoms with Crippen molar-refractivity contribution in [1.82, 2.24) is 0 Å². The summed E-state index contributed by atoms with van der Waals surface area (Å²) in [5.41, 5.74) is 0.363. The van der Waals surface area contributed by atoms with E-state index < -0.39 is 12.2 Å². The van der Waals surface area contributed by atoms with Gasteiger partial charge in [-0.25, -0.2) is 9.59 Å². The molecule has 0 aliphatic rings. The number of hydrogen-bond donors (Lipinski definition) is 1. The van der Waals surface area contributed by atoms with Gasteiger partial charge in [-0.05, 0) is 25.0 Å². The van der Waals surface area contributed by atoms with Crippen LogP contribution in [0.4, 0.5) is 15.3 Å². The maximum atomic E-state index is 12.1. The van der Waals surface area contributed by atoms with Gasteiger partial charge in [-0.3, -0.25) is 5.32 Å². The quantitative estimate of drug-likeness (QED) is 0.150. The van der Waals surface area contributed by atoms with Gasteiger partial charge < -0.3 is 18.9 Å². The molecule has 32 heavy (non-hydrogen) atoms. The van der Waals surface area contributed by atoms with Crippen molar-refractivity contribution < 1.29 is 28.5 Å². The van der Waals surface area contributed by atoms with Crippen LogP contribution in [-0.2, 0) is 9.47 Å². The van der Waals surface area contributed by atoms with Gasteiger partial charge in [0.2, 0.25) is 0 Å². The third kappa shape index (κ3) is 12.4. The lowest BCUT2D eigenvalue weighted by Gasteiger charge is -2.14. The van der Waals surface area contributed by atoms with E-state index in [9.17, 15) is 9.59 Å². The molecule has 1 amide bonds. The molecule has 0 bridgehead atoms. The van der Waals surface area contributed by atoms with Gasteiger partial charge in [0.1, 0.15) is 0 Å². The Balaban J connectivity index is 2.40. The highest BCUT2D eigenvalue weighted by atomic mass is 16.7. The second kappa shape index (κ2) is 18.2. The fraction of sp³-hybridized carbons (Fsp3) is 0.680. The Morgan fingerprint density at radius 1 is 0.781 bits per heavy atom. The molecule has 0 saturated heterocycles. The van der Waals surface area contributed by atoms with Crippen molar-refractivity contribution >= 4 is 17.9 Å². The molecule has 0 heterocycles. The number of rotatable bonds is 17. The number of anilines is 1. The van der Waals surface area contributed by atoms with Crippen LogP contribution in [0.1, 0.15) is 90.9 Å². The molecule has 1 N–H and O–H groups in total.